The van der Waals surface area contributed by atoms with Crippen LogP contribution in [0.1, 0.15) is 49.4 Å². The average molecular weight is 338 g/mol. The number of amides is 1. The third-order valence-corrected chi connectivity index (χ3v) is 4.83. The van der Waals surface area contributed by atoms with Gasteiger partial charge in [-0.15, -0.1) is 0 Å². The number of rotatable bonds is 5. The van der Waals surface area contributed by atoms with E-state index in [0.717, 1.165) is 30.1 Å². The van der Waals surface area contributed by atoms with Gasteiger partial charge in [0.15, 0.2) is 0 Å². The van der Waals surface area contributed by atoms with Crippen molar-refractivity contribution in [3.63, 3.8) is 0 Å². The summed E-state index contributed by atoms with van der Waals surface area (Å²) >= 11 is 0. The van der Waals surface area contributed by atoms with Gasteiger partial charge in [-0.25, -0.2) is 4.98 Å². The molecule has 25 heavy (non-hydrogen) atoms. The first-order valence-corrected chi connectivity index (χ1v) is 9.00. The second kappa shape index (κ2) is 8.01. The lowest BCUT2D eigenvalue weighted by Gasteiger charge is -2.20. The molecule has 1 heterocycles. The van der Waals surface area contributed by atoms with E-state index in [1.807, 2.05) is 36.4 Å². The fourth-order valence-corrected chi connectivity index (χ4v) is 3.36. The smallest absolute Gasteiger partial charge is 0.252 e. The molecule has 4 N–H and O–H groups in total. The maximum Gasteiger partial charge on any atom is 0.252 e. The minimum absolute atomic E-state index is 0.370. The largest absolute Gasteiger partial charge is 0.382 e. The van der Waals surface area contributed by atoms with Crippen LogP contribution in [0.2, 0.25) is 0 Å². The molecule has 1 amide bonds. The van der Waals surface area contributed by atoms with Gasteiger partial charge < -0.3 is 16.4 Å². The van der Waals surface area contributed by atoms with Crippen molar-refractivity contribution in [3.8, 4) is 0 Å². The number of hydrogen-bond acceptors (Lipinski definition) is 4. The van der Waals surface area contributed by atoms with Crippen LogP contribution in [0.5, 0.6) is 0 Å². The summed E-state index contributed by atoms with van der Waals surface area (Å²) in [4.78, 5) is 16.1. The fourth-order valence-electron chi connectivity index (χ4n) is 3.36. The normalized spacial score (nSPS) is 20.5. The van der Waals surface area contributed by atoms with Gasteiger partial charge in [0.1, 0.15) is 5.82 Å². The summed E-state index contributed by atoms with van der Waals surface area (Å²) in [5.41, 5.74) is 7.70. The Morgan fingerprint density at radius 2 is 1.96 bits per heavy atom. The quantitative estimate of drug-likeness (QED) is 0.710. The van der Waals surface area contributed by atoms with Crippen LogP contribution >= 0.6 is 0 Å². The molecule has 3 rings (SSSR count). The van der Waals surface area contributed by atoms with Gasteiger partial charge in [-0.05, 0) is 37.3 Å². The van der Waals surface area contributed by atoms with E-state index in [1.165, 1.54) is 19.3 Å². The third kappa shape index (κ3) is 4.72. The van der Waals surface area contributed by atoms with Crippen LogP contribution in [0.4, 0.5) is 17.2 Å². The van der Waals surface area contributed by atoms with Gasteiger partial charge in [0, 0.05) is 24.0 Å². The maximum atomic E-state index is 11.8. The van der Waals surface area contributed by atoms with E-state index in [1.54, 1.807) is 6.20 Å². The molecular formula is C20H26N4O. The van der Waals surface area contributed by atoms with Crippen molar-refractivity contribution in [1.82, 2.24) is 4.98 Å². The predicted molar refractivity (Wildman–Crippen MR) is 102 cm³/mol. The second-order valence-corrected chi connectivity index (χ2v) is 6.93. The molecule has 132 valence electrons. The molecule has 2 atom stereocenters. The molecular weight excluding hydrogens is 312 g/mol. The average Bonchev–Trinajstić information content (AvgIpc) is 2.80. The van der Waals surface area contributed by atoms with Crippen LogP contribution in [0.15, 0.2) is 42.6 Å². The van der Waals surface area contributed by atoms with Crippen LogP contribution in [0, 0.1) is 5.92 Å². The third-order valence-electron chi connectivity index (χ3n) is 4.83. The number of carbonyl (C=O) groups is 1. The highest BCUT2D eigenvalue weighted by Gasteiger charge is 2.18. The Labute approximate surface area is 149 Å². The number of carbonyl (C=O) groups excluding carboxylic acids is 1. The summed E-state index contributed by atoms with van der Waals surface area (Å²) in [6.07, 6.45) is 7.48. The number of aromatic nitrogens is 1. The summed E-state index contributed by atoms with van der Waals surface area (Å²) in [5.74, 6) is 1.01. The molecule has 0 bridgehead atoms. The van der Waals surface area contributed by atoms with Crippen molar-refractivity contribution in [3.05, 3.63) is 48.2 Å². The highest BCUT2D eigenvalue weighted by Crippen LogP contribution is 2.27. The van der Waals surface area contributed by atoms with Gasteiger partial charge in [0.25, 0.3) is 5.91 Å². The highest BCUT2D eigenvalue weighted by molar-refractivity contribution is 5.98. The number of nitrogens with zero attached hydrogens (tertiary/aromatic N) is 1. The van der Waals surface area contributed by atoms with Crippen molar-refractivity contribution >= 4 is 23.1 Å². The van der Waals surface area contributed by atoms with Crippen LogP contribution in [-0.4, -0.2) is 16.9 Å². The van der Waals surface area contributed by atoms with E-state index in [-0.39, 0.29) is 0 Å². The fraction of sp³-hybridized carbons (Fsp3) is 0.400. The Morgan fingerprint density at radius 1 is 1.16 bits per heavy atom. The van der Waals surface area contributed by atoms with Crippen LogP contribution in [-0.2, 0) is 0 Å². The first-order valence-electron chi connectivity index (χ1n) is 9.00. The molecule has 1 fully saturated rings. The van der Waals surface area contributed by atoms with Gasteiger partial charge in [-0.2, -0.15) is 0 Å². The van der Waals surface area contributed by atoms with Crippen molar-refractivity contribution < 1.29 is 4.79 Å². The lowest BCUT2D eigenvalue weighted by molar-refractivity contribution is 0.100. The number of hydrogen-bond donors (Lipinski definition) is 3. The van der Waals surface area contributed by atoms with Crippen LogP contribution in [0.3, 0.4) is 0 Å². The number of benzene rings is 1. The van der Waals surface area contributed by atoms with E-state index in [0.29, 0.717) is 17.4 Å². The van der Waals surface area contributed by atoms with Crippen LogP contribution in [0.25, 0.3) is 0 Å². The van der Waals surface area contributed by atoms with Crippen LogP contribution < -0.4 is 16.4 Å². The number of primary amides is 1. The predicted octanol–water partition coefficient (Wildman–Crippen LogP) is 4.30. The van der Waals surface area contributed by atoms with E-state index >= 15 is 0 Å². The molecule has 1 saturated carbocycles. The van der Waals surface area contributed by atoms with E-state index in [4.69, 9.17) is 5.73 Å². The zero-order chi connectivity index (χ0) is 17.6. The van der Waals surface area contributed by atoms with Gasteiger partial charge in [0.2, 0.25) is 0 Å². The summed E-state index contributed by atoms with van der Waals surface area (Å²) in [7, 11) is 0. The zero-order valence-electron chi connectivity index (χ0n) is 14.7. The summed E-state index contributed by atoms with van der Waals surface area (Å²) in [5, 5.41) is 6.80. The SMILES string of the molecule is CC1CCCC(Nc2cc(Nc3ccccc3)ncc2C(N)=O)CC1. The monoisotopic (exact) mass is 338 g/mol. The first-order chi connectivity index (χ1) is 12.1. The Bertz CT molecular complexity index is 717. The molecule has 1 aromatic carbocycles. The molecule has 2 aromatic rings. The molecule has 1 aromatic heterocycles. The van der Waals surface area contributed by atoms with Crippen molar-refractivity contribution in [2.24, 2.45) is 11.7 Å². The number of anilines is 3. The summed E-state index contributed by atoms with van der Waals surface area (Å²) < 4.78 is 0. The molecule has 2 unspecified atom stereocenters. The van der Waals surface area contributed by atoms with Crippen molar-refractivity contribution in [1.29, 1.82) is 0 Å². The Morgan fingerprint density at radius 3 is 2.72 bits per heavy atom. The lowest BCUT2D eigenvalue weighted by Crippen LogP contribution is -2.22. The molecule has 0 saturated heterocycles. The zero-order valence-corrected chi connectivity index (χ0v) is 14.7. The topological polar surface area (TPSA) is 80.0 Å². The minimum Gasteiger partial charge on any atom is -0.382 e. The van der Waals surface area contributed by atoms with Gasteiger partial charge in [-0.1, -0.05) is 38.0 Å². The molecule has 0 spiro atoms. The molecule has 1 aliphatic carbocycles. The first kappa shape index (κ1) is 17.3. The Kier molecular flexibility index (Phi) is 5.53. The Hall–Kier alpha value is -2.56. The highest BCUT2D eigenvalue weighted by atomic mass is 16.1. The number of nitrogens with two attached hydrogens (primary N) is 1. The summed E-state index contributed by atoms with van der Waals surface area (Å²) in [6, 6.07) is 12.1. The molecule has 1 aliphatic rings. The lowest BCUT2D eigenvalue weighted by atomic mass is 10.0. The van der Waals surface area contributed by atoms with Crippen molar-refractivity contribution in [2.45, 2.75) is 45.1 Å². The van der Waals surface area contributed by atoms with Crippen molar-refractivity contribution in [2.75, 3.05) is 10.6 Å². The number of para-hydroxylation sites is 1. The second-order valence-electron chi connectivity index (χ2n) is 6.93. The minimum atomic E-state index is -0.455. The van der Waals surface area contributed by atoms with E-state index in [2.05, 4.69) is 22.5 Å². The molecule has 5 nitrogen and oxygen atoms in total. The molecule has 0 aliphatic heterocycles. The van der Waals surface area contributed by atoms with E-state index in [9.17, 15) is 4.79 Å². The van der Waals surface area contributed by atoms with Gasteiger partial charge in [0.05, 0.1) is 11.3 Å². The molecule has 5 heteroatoms. The van der Waals surface area contributed by atoms with Gasteiger partial charge >= 0.3 is 0 Å². The van der Waals surface area contributed by atoms with E-state index < -0.39 is 5.91 Å². The number of nitrogens with one attached hydrogen (secondary N) is 2. The van der Waals surface area contributed by atoms with Gasteiger partial charge in [-0.3, -0.25) is 4.79 Å². The Balaban J connectivity index is 1.79. The maximum absolute atomic E-state index is 11.8. The molecule has 0 radical (unpaired) electrons. The standard InChI is InChI=1S/C20H26N4O/c1-14-6-5-9-16(11-10-14)23-18-12-19(22-13-17(18)20(21)25)24-15-7-3-2-4-8-15/h2-4,7-8,12-14,16H,5-6,9-11H2,1H3,(H2,21,25)(H2,22,23,24). The summed E-state index contributed by atoms with van der Waals surface area (Å²) in [6.45, 7) is 2.31. The number of pyridine rings is 1.